The predicted octanol–water partition coefficient (Wildman–Crippen LogP) is -0.754. The van der Waals surface area contributed by atoms with E-state index in [1.165, 1.54) is 12.1 Å². The molecule has 4 N–H and O–H groups in total. The third-order valence-electron chi connectivity index (χ3n) is 3.05. The number of benzene rings is 1. The fraction of sp³-hybridized carbons (Fsp3) is 0.308. The Hall–Kier alpha value is -1.94. The number of rotatable bonds is 6. The summed E-state index contributed by atoms with van der Waals surface area (Å²) in [5.41, 5.74) is 3.60. The number of hydrazine groups is 1. The average Bonchev–Trinajstić information content (AvgIpc) is 2.93. The molecule has 0 aromatic heterocycles. The van der Waals surface area contributed by atoms with Crippen LogP contribution in [0.5, 0.6) is 0 Å². The van der Waals surface area contributed by atoms with Crippen LogP contribution in [-0.2, 0) is 21.5 Å². The summed E-state index contributed by atoms with van der Waals surface area (Å²) in [5, 5.41) is 12.8. The Labute approximate surface area is 128 Å². The van der Waals surface area contributed by atoms with Gasteiger partial charge in [0.1, 0.15) is 5.70 Å². The zero-order chi connectivity index (χ0) is 16.2. The van der Waals surface area contributed by atoms with Gasteiger partial charge in [0.2, 0.25) is 0 Å². The van der Waals surface area contributed by atoms with Crippen LogP contribution in [0.3, 0.4) is 0 Å². The summed E-state index contributed by atoms with van der Waals surface area (Å²) in [6.07, 6.45) is 1.66. The maximum absolute atomic E-state index is 11.7. The van der Waals surface area contributed by atoms with Crippen molar-refractivity contribution < 1.29 is 22.9 Å². The molecule has 1 aromatic carbocycles. The van der Waals surface area contributed by atoms with Crippen molar-refractivity contribution in [2.75, 3.05) is 19.7 Å². The third-order valence-corrected chi connectivity index (χ3v) is 4.00. The summed E-state index contributed by atoms with van der Waals surface area (Å²) in [6, 6.07) is 6.11. The molecule has 0 bridgehead atoms. The van der Waals surface area contributed by atoms with E-state index in [1.54, 1.807) is 23.2 Å². The SMILES string of the molecule is O=C(NCCO)C1=CCN(Cc2ccccc2S(=O)(=O)O)N1. The molecule has 2 rings (SSSR count). The number of nitrogens with one attached hydrogen (secondary N) is 2. The number of carbonyl (C=O) groups is 1. The molecule has 9 heteroatoms. The molecule has 1 aliphatic heterocycles. The largest absolute Gasteiger partial charge is 0.395 e. The molecular weight excluding hydrogens is 310 g/mol. The lowest BCUT2D eigenvalue weighted by atomic mass is 10.2. The van der Waals surface area contributed by atoms with Gasteiger partial charge in [-0.15, -0.1) is 0 Å². The second kappa shape index (κ2) is 6.88. The van der Waals surface area contributed by atoms with Crippen LogP contribution in [0.15, 0.2) is 40.9 Å². The molecular formula is C13H17N3O5S. The Balaban J connectivity index is 2.02. The predicted molar refractivity (Wildman–Crippen MR) is 78.0 cm³/mol. The van der Waals surface area contributed by atoms with Crippen LogP contribution in [-0.4, -0.2) is 48.7 Å². The molecule has 0 spiro atoms. The molecule has 22 heavy (non-hydrogen) atoms. The first-order valence-electron chi connectivity index (χ1n) is 6.58. The molecule has 0 radical (unpaired) electrons. The Morgan fingerprint density at radius 2 is 2.09 bits per heavy atom. The van der Waals surface area contributed by atoms with Gasteiger partial charge >= 0.3 is 0 Å². The van der Waals surface area contributed by atoms with E-state index in [2.05, 4.69) is 10.7 Å². The number of hydrogen-bond acceptors (Lipinski definition) is 6. The molecule has 0 fully saturated rings. The quantitative estimate of drug-likeness (QED) is 0.507. The van der Waals surface area contributed by atoms with Gasteiger partial charge in [-0.05, 0) is 17.7 Å². The van der Waals surface area contributed by atoms with Crippen molar-refractivity contribution in [3.8, 4) is 0 Å². The number of amides is 1. The van der Waals surface area contributed by atoms with Gasteiger partial charge in [0.25, 0.3) is 16.0 Å². The van der Waals surface area contributed by atoms with Crippen LogP contribution in [0, 0.1) is 0 Å². The standard InChI is InChI=1S/C13H17N3O5S/c17-8-6-14-13(18)11-5-7-16(15-11)9-10-3-1-2-4-12(10)22(19,20)21/h1-5,15,17H,6-9H2,(H,14,18)(H,19,20,21). The number of aliphatic hydroxyl groups is 1. The summed E-state index contributed by atoms with van der Waals surface area (Å²) < 4.78 is 31.9. The van der Waals surface area contributed by atoms with Crippen molar-refractivity contribution in [2.24, 2.45) is 0 Å². The van der Waals surface area contributed by atoms with Gasteiger partial charge in [0, 0.05) is 19.6 Å². The summed E-state index contributed by atoms with van der Waals surface area (Å²) in [5.74, 6) is -0.348. The molecule has 0 aliphatic carbocycles. The first-order chi connectivity index (χ1) is 10.4. The van der Waals surface area contributed by atoms with E-state index in [4.69, 9.17) is 5.11 Å². The lowest BCUT2D eigenvalue weighted by Gasteiger charge is -2.19. The minimum Gasteiger partial charge on any atom is -0.395 e. The first-order valence-corrected chi connectivity index (χ1v) is 8.02. The van der Waals surface area contributed by atoms with Crippen molar-refractivity contribution in [1.82, 2.24) is 15.8 Å². The maximum atomic E-state index is 11.7. The molecule has 1 heterocycles. The molecule has 8 nitrogen and oxygen atoms in total. The highest BCUT2D eigenvalue weighted by Gasteiger charge is 2.21. The average molecular weight is 327 g/mol. The number of nitrogens with zero attached hydrogens (tertiary/aromatic N) is 1. The number of carbonyl (C=O) groups excluding carboxylic acids is 1. The van der Waals surface area contributed by atoms with Crippen LogP contribution in [0.25, 0.3) is 0 Å². The third kappa shape index (κ3) is 4.04. The van der Waals surface area contributed by atoms with Crippen molar-refractivity contribution in [2.45, 2.75) is 11.4 Å². The topological polar surface area (TPSA) is 119 Å². The Morgan fingerprint density at radius 3 is 2.77 bits per heavy atom. The van der Waals surface area contributed by atoms with Gasteiger partial charge in [-0.2, -0.15) is 8.42 Å². The minimum atomic E-state index is -4.30. The zero-order valence-corrected chi connectivity index (χ0v) is 12.5. The van der Waals surface area contributed by atoms with Gasteiger partial charge in [-0.25, -0.2) is 5.01 Å². The Kier molecular flexibility index (Phi) is 5.14. The Bertz CT molecular complexity index is 687. The van der Waals surface area contributed by atoms with Gasteiger partial charge in [-0.1, -0.05) is 18.2 Å². The fourth-order valence-electron chi connectivity index (χ4n) is 2.07. The molecule has 0 unspecified atom stereocenters. The highest BCUT2D eigenvalue weighted by molar-refractivity contribution is 7.85. The van der Waals surface area contributed by atoms with E-state index in [-0.39, 0.29) is 30.5 Å². The van der Waals surface area contributed by atoms with E-state index >= 15 is 0 Å². The van der Waals surface area contributed by atoms with Crippen LogP contribution in [0.2, 0.25) is 0 Å². The van der Waals surface area contributed by atoms with E-state index in [9.17, 15) is 17.8 Å². The summed E-state index contributed by atoms with van der Waals surface area (Å²) in [6.45, 7) is 0.610. The van der Waals surface area contributed by atoms with Crippen LogP contribution in [0.4, 0.5) is 0 Å². The van der Waals surface area contributed by atoms with Gasteiger partial charge in [-0.3, -0.25) is 9.35 Å². The smallest absolute Gasteiger partial charge is 0.294 e. The normalized spacial score (nSPS) is 15.3. The van der Waals surface area contributed by atoms with E-state index in [1.807, 2.05) is 0 Å². The lowest BCUT2D eigenvalue weighted by Crippen LogP contribution is -2.38. The Morgan fingerprint density at radius 1 is 1.36 bits per heavy atom. The highest BCUT2D eigenvalue weighted by atomic mass is 32.2. The summed E-state index contributed by atoms with van der Waals surface area (Å²) >= 11 is 0. The minimum absolute atomic E-state index is 0.148. The maximum Gasteiger partial charge on any atom is 0.294 e. The first kappa shape index (κ1) is 16.4. The van der Waals surface area contributed by atoms with Crippen LogP contribution >= 0.6 is 0 Å². The van der Waals surface area contributed by atoms with E-state index in [0.29, 0.717) is 17.8 Å². The second-order valence-corrected chi connectivity index (χ2v) is 6.06. The molecule has 0 saturated carbocycles. The van der Waals surface area contributed by atoms with Crippen molar-refractivity contribution >= 4 is 16.0 Å². The van der Waals surface area contributed by atoms with Gasteiger partial charge < -0.3 is 15.8 Å². The summed E-state index contributed by atoms with van der Waals surface area (Å²) in [4.78, 5) is 11.6. The van der Waals surface area contributed by atoms with E-state index in [0.717, 1.165) is 0 Å². The molecule has 1 amide bonds. The molecule has 1 aromatic rings. The molecule has 0 saturated heterocycles. The van der Waals surface area contributed by atoms with Crippen molar-refractivity contribution in [3.05, 3.63) is 41.6 Å². The van der Waals surface area contributed by atoms with Gasteiger partial charge in [0.05, 0.1) is 11.5 Å². The monoisotopic (exact) mass is 327 g/mol. The van der Waals surface area contributed by atoms with Gasteiger partial charge in [0.15, 0.2) is 0 Å². The highest BCUT2D eigenvalue weighted by Crippen LogP contribution is 2.18. The fourth-order valence-corrected chi connectivity index (χ4v) is 2.78. The van der Waals surface area contributed by atoms with Crippen molar-refractivity contribution in [1.29, 1.82) is 0 Å². The lowest BCUT2D eigenvalue weighted by molar-refractivity contribution is -0.118. The molecule has 120 valence electrons. The summed E-state index contributed by atoms with van der Waals surface area (Å²) in [7, 11) is -4.30. The van der Waals surface area contributed by atoms with Crippen LogP contribution in [0.1, 0.15) is 5.56 Å². The van der Waals surface area contributed by atoms with Crippen molar-refractivity contribution in [3.63, 3.8) is 0 Å². The van der Waals surface area contributed by atoms with E-state index < -0.39 is 10.1 Å². The second-order valence-electron chi connectivity index (χ2n) is 4.67. The number of aliphatic hydroxyl groups excluding tert-OH is 1. The molecule has 1 aliphatic rings. The number of hydrogen-bond donors (Lipinski definition) is 4. The zero-order valence-electron chi connectivity index (χ0n) is 11.7. The molecule has 0 atom stereocenters. The van der Waals surface area contributed by atoms with Crippen LogP contribution < -0.4 is 10.7 Å².